The number of amides is 1. The molecular formula is C17H27ClN2O3S. The number of carbonyl (C=O) groups is 1. The van der Waals surface area contributed by atoms with E-state index in [1.54, 1.807) is 0 Å². The van der Waals surface area contributed by atoms with E-state index in [9.17, 15) is 13.2 Å². The Bertz CT molecular complexity index is 608. The molecule has 0 aliphatic carbocycles. The van der Waals surface area contributed by atoms with Crippen molar-refractivity contribution in [2.45, 2.75) is 32.2 Å². The van der Waals surface area contributed by atoms with Gasteiger partial charge in [0.2, 0.25) is 5.91 Å². The SMILES string of the molecule is CC1CNCCC1NC(=O)CS(=O)(=O)CCCc1ccccc1.Cl. The van der Waals surface area contributed by atoms with E-state index < -0.39 is 15.6 Å². The number of aryl methyl sites for hydroxylation is 1. The average Bonchev–Trinajstić information content (AvgIpc) is 2.50. The van der Waals surface area contributed by atoms with Gasteiger partial charge in [0, 0.05) is 6.04 Å². The van der Waals surface area contributed by atoms with E-state index in [4.69, 9.17) is 0 Å². The molecule has 1 amide bonds. The lowest BCUT2D eigenvalue weighted by molar-refractivity contribution is -0.119. The summed E-state index contributed by atoms with van der Waals surface area (Å²) in [5.74, 6) is -0.396. The Morgan fingerprint density at radius 2 is 2.00 bits per heavy atom. The van der Waals surface area contributed by atoms with Crippen LogP contribution in [0.3, 0.4) is 0 Å². The van der Waals surface area contributed by atoms with E-state index in [0.29, 0.717) is 18.8 Å². The highest BCUT2D eigenvalue weighted by Crippen LogP contribution is 2.10. The second-order valence-corrected chi connectivity index (χ2v) is 8.51. The van der Waals surface area contributed by atoms with Crippen molar-refractivity contribution in [3.8, 4) is 0 Å². The number of nitrogens with one attached hydrogen (secondary N) is 2. The zero-order valence-electron chi connectivity index (χ0n) is 14.0. The fraction of sp³-hybridized carbons (Fsp3) is 0.588. The molecule has 1 heterocycles. The monoisotopic (exact) mass is 374 g/mol. The van der Waals surface area contributed by atoms with E-state index in [1.807, 2.05) is 30.3 Å². The van der Waals surface area contributed by atoms with Gasteiger partial charge in [-0.25, -0.2) is 8.42 Å². The van der Waals surface area contributed by atoms with Gasteiger partial charge in [0.25, 0.3) is 0 Å². The zero-order valence-corrected chi connectivity index (χ0v) is 15.7. The minimum absolute atomic E-state index is 0. The number of rotatable bonds is 7. The van der Waals surface area contributed by atoms with Crippen LogP contribution in [0.5, 0.6) is 0 Å². The van der Waals surface area contributed by atoms with Crippen molar-refractivity contribution in [2.75, 3.05) is 24.6 Å². The summed E-state index contributed by atoms with van der Waals surface area (Å²) in [6.07, 6.45) is 2.11. The van der Waals surface area contributed by atoms with Crippen LogP contribution in [-0.4, -0.2) is 45.0 Å². The van der Waals surface area contributed by atoms with Crippen LogP contribution in [0.1, 0.15) is 25.3 Å². The molecule has 7 heteroatoms. The van der Waals surface area contributed by atoms with Crippen LogP contribution >= 0.6 is 12.4 Å². The van der Waals surface area contributed by atoms with Crippen LogP contribution in [0.15, 0.2) is 30.3 Å². The number of sulfone groups is 1. The van der Waals surface area contributed by atoms with E-state index in [1.165, 1.54) is 0 Å². The lowest BCUT2D eigenvalue weighted by Crippen LogP contribution is -2.49. The highest BCUT2D eigenvalue weighted by Gasteiger charge is 2.24. The number of benzene rings is 1. The summed E-state index contributed by atoms with van der Waals surface area (Å²) >= 11 is 0. The third kappa shape index (κ3) is 7.20. The summed E-state index contributed by atoms with van der Waals surface area (Å²) in [6, 6.07) is 9.86. The number of hydrogen-bond donors (Lipinski definition) is 2. The molecule has 136 valence electrons. The number of halogens is 1. The van der Waals surface area contributed by atoms with E-state index in [-0.39, 0.29) is 30.1 Å². The number of piperidine rings is 1. The van der Waals surface area contributed by atoms with Crippen molar-refractivity contribution in [1.82, 2.24) is 10.6 Å². The van der Waals surface area contributed by atoms with Crippen molar-refractivity contribution in [3.05, 3.63) is 35.9 Å². The zero-order chi connectivity index (χ0) is 16.7. The van der Waals surface area contributed by atoms with Crippen LogP contribution in [0, 0.1) is 5.92 Å². The fourth-order valence-corrected chi connectivity index (χ4v) is 4.10. The topological polar surface area (TPSA) is 75.3 Å². The molecule has 1 aliphatic heterocycles. The molecule has 0 saturated carbocycles. The van der Waals surface area contributed by atoms with Crippen LogP contribution in [-0.2, 0) is 21.1 Å². The van der Waals surface area contributed by atoms with Crippen molar-refractivity contribution < 1.29 is 13.2 Å². The molecule has 2 rings (SSSR count). The maximum absolute atomic E-state index is 12.1. The standard InChI is InChI=1S/C17H26N2O3S.ClH/c1-14-12-18-10-9-16(14)19-17(20)13-23(21,22)11-5-8-15-6-3-2-4-7-15;/h2-4,6-7,14,16,18H,5,8-13H2,1H3,(H,19,20);1H. The van der Waals surface area contributed by atoms with Gasteiger partial charge in [0.1, 0.15) is 5.75 Å². The second-order valence-electron chi connectivity index (χ2n) is 6.33. The molecule has 2 atom stereocenters. The van der Waals surface area contributed by atoms with E-state index >= 15 is 0 Å². The lowest BCUT2D eigenvalue weighted by Gasteiger charge is -2.30. The van der Waals surface area contributed by atoms with Crippen molar-refractivity contribution in [1.29, 1.82) is 0 Å². The first-order valence-electron chi connectivity index (χ1n) is 8.21. The summed E-state index contributed by atoms with van der Waals surface area (Å²) in [7, 11) is -3.35. The van der Waals surface area contributed by atoms with Gasteiger partial charge in [-0.1, -0.05) is 37.3 Å². The van der Waals surface area contributed by atoms with Gasteiger partial charge in [-0.3, -0.25) is 4.79 Å². The first-order valence-corrected chi connectivity index (χ1v) is 10.0. The summed E-state index contributed by atoms with van der Waals surface area (Å²) < 4.78 is 24.2. The van der Waals surface area contributed by atoms with Gasteiger partial charge >= 0.3 is 0 Å². The molecule has 0 aromatic heterocycles. The van der Waals surface area contributed by atoms with Gasteiger partial charge in [-0.05, 0) is 43.8 Å². The quantitative estimate of drug-likeness (QED) is 0.759. The third-order valence-electron chi connectivity index (χ3n) is 4.25. The Kier molecular flexibility index (Phi) is 8.73. The molecule has 1 aliphatic rings. The maximum atomic E-state index is 12.1. The highest BCUT2D eigenvalue weighted by atomic mass is 35.5. The molecule has 2 N–H and O–H groups in total. The van der Waals surface area contributed by atoms with Crippen LogP contribution in [0.4, 0.5) is 0 Å². The van der Waals surface area contributed by atoms with Crippen molar-refractivity contribution in [2.24, 2.45) is 5.92 Å². The summed E-state index contributed by atoms with van der Waals surface area (Å²) in [5, 5.41) is 6.13. The number of hydrogen-bond acceptors (Lipinski definition) is 4. The molecule has 1 aromatic rings. The largest absolute Gasteiger partial charge is 0.352 e. The smallest absolute Gasteiger partial charge is 0.235 e. The second kappa shape index (κ2) is 10.0. The van der Waals surface area contributed by atoms with Gasteiger partial charge < -0.3 is 10.6 Å². The van der Waals surface area contributed by atoms with Crippen LogP contribution in [0.2, 0.25) is 0 Å². The predicted octanol–water partition coefficient (Wildman–Crippen LogP) is 1.57. The molecular weight excluding hydrogens is 348 g/mol. The average molecular weight is 375 g/mol. The minimum Gasteiger partial charge on any atom is -0.352 e. The maximum Gasteiger partial charge on any atom is 0.235 e. The van der Waals surface area contributed by atoms with E-state index in [2.05, 4.69) is 17.6 Å². The van der Waals surface area contributed by atoms with Gasteiger partial charge in [0.15, 0.2) is 9.84 Å². The lowest BCUT2D eigenvalue weighted by atomic mass is 9.95. The molecule has 2 unspecified atom stereocenters. The Morgan fingerprint density at radius 1 is 1.29 bits per heavy atom. The minimum atomic E-state index is -3.35. The molecule has 24 heavy (non-hydrogen) atoms. The Morgan fingerprint density at radius 3 is 2.67 bits per heavy atom. The molecule has 0 radical (unpaired) electrons. The molecule has 1 fully saturated rings. The fourth-order valence-electron chi connectivity index (χ4n) is 2.89. The van der Waals surface area contributed by atoms with E-state index in [0.717, 1.165) is 25.1 Å². The van der Waals surface area contributed by atoms with Gasteiger partial charge in [-0.15, -0.1) is 12.4 Å². The van der Waals surface area contributed by atoms with Crippen molar-refractivity contribution >= 4 is 28.2 Å². The Labute approximate surface area is 150 Å². The summed E-state index contributed by atoms with van der Waals surface area (Å²) in [6.45, 7) is 3.78. The summed E-state index contributed by atoms with van der Waals surface area (Å²) in [5.41, 5.74) is 1.12. The van der Waals surface area contributed by atoms with Gasteiger partial charge in [-0.2, -0.15) is 0 Å². The first-order chi connectivity index (χ1) is 11.0. The third-order valence-corrected chi connectivity index (χ3v) is 5.86. The Hall–Kier alpha value is -1.11. The normalized spacial score (nSPS) is 20.9. The predicted molar refractivity (Wildman–Crippen MR) is 99.2 cm³/mol. The molecule has 0 spiro atoms. The van der Waals surface area contributed by atoms with Crippen LogP contribution in [0.25, 0.3) is 0 Å². The van der Waals surface area contributed by atoms with Crippen molar-refractivity contribution in [3.63, 3.8) is 0 Å². The highest BCUT2D eigenvalue weighted by molar-refractivity contribution is 7.92. The number of carbonyl (C=O) groups excluding carboxylic acids is 1. The Balaban J connectivity index is 0.00000288. The molecule has 1 aromatic carbocycles. The van der Waals surface area contributed by atoms with Crippen LogP contribution < -0.4 is 10.6 Å². The molecule has 1 saturated heterocycles. The summed E-state index contributed by atoms with van der Waals surface area (Å²) in [4.78, 5) is 12.0. The van der Waals surface area contributed by atoms with Gasteiger partial charge in [0.05, 0.1) is 5.75 Å². The molecule has 0 bridgehead atoms. The molecule has 5 nitrogen and oxygen atoms in total. The first kappa shape index (κ1) is 20.9.